The molecule has 3 heteroatoms. The Balaban J connectivity index is 0.727. The maximum absolute atomic E-state index is 2.47. The first-order valence-electron chi connectivity index (χ1n) is 33.7. The summed E-state index contributed by atoms with van der Waals surface area (Å²) in [6, 6.07) is 131. The quantitative estimate of drug-likeness (QED) is 0.120. The van der Waals surface area contributed by atoms with Gasteiger partial charge < -0.3 is 14.4 Å². The van der Waals surface area contributed by atoms with Crippen LogP contribution in [0.2, 0.25) is 0 Å². The van der Waals surface area contributed by atoms with Crippen molar-refractivity contribution in [1.29, 1.82) is 0 Å². The van der Waals surface area contributed by atoms with Gasteiger partial charge in [-0.2, -0.15) is 0 Å². The smallest absolute Gasteiger partial charge is 0.0492 e. The van der Waals surface area contributed by atoms with Crippen LogP contribution < -0.4 is 9.80 Å². The van der Waals surface area contributed by atoms with Gasteiger partial charge in [-0.05, 0) is 295 Å². The molecule has 0 N–H and O–H groups in total. The lowest BCUT2D eigenvalue weighted by atomic mass is 9.98. The number of nitrogens with zero attached hydrogens (tertiary/aromatic N) is 3. The molecule has 1 heterocycles. The first-order chi connectivity index (χ1) is 47.9. The largest absolute Gasteiger partial charge is 0.341 e. The Hall–Kier alpha value is -12.6. The van der Waals surface area contributed by atoms with Crippen molar-refractivity contribution in [3.63, 3.8) is 0 Å². The lowest BCUT2D eigenvalue weighted by molar-refractivity contribution is 0.827. The Morgan fingerprint density at radius 1 is 0.186 bits per heavy atom. The molecule has 454 valence electrons. The fourth-order valence-electron chi connectivity index (χ4n) is 15.3. The zero-order valence-electron chi connectivity index (χ0n) is 53.5. The van der Waals surface area contributed by atoms with E-state index in [0.717, 1.165) is 40.7 Å². The summed E-state index contributed by atoms with van der Waals surface area (Å²) < 4.78 is 2.47. The summed E-state index contributed by atoms with van der Waals surface area (Å²) >= 11 is 0. The van der Waals surface area contributed by atoms with E-state index in [2.05, 4.69) is 373 Å². The van der Waals surface area contributed by atoms with E-state index in [4.69, 9.17) is 0 Å². The van der Waals surface area contributed by atoms with Gasteiger partial charge in [-0.3, -0.25) is 0 Å². The summed E-state index contributed by atoms with van der Waals surface area (Å²) in [7, 11) is 0. The normalized spacial score (nSPS) is 11.8. The fraction of sp³-hybridized carbons (Fsp3) is 0.0213. The van der Waals surface area contributed by atoms with Crippen molar-refractivity contribution in [1.82, 2.24) is 4.57 Å². The number of rotatable bonds is 11. The number of aryl methyl sites for hydroxylation is 1. The SMILES string of the molecule is CCn1c2ccc(N(c3ccc(-c4ccc5cc6ccccc6cc5c4)cc3)c3ccc(-c4ccc5cc6ccccc6cc5c4)cc3)cc2c2cc(N(c3ccc(-c4ccc5cc6ccccc6cc5c4)cc3)c3ccc(-c4ccc5cc6ccccc6cc5c4)cc3)ccc21. The molecule has 97 heavy (non-hydrogen) atoms. The molecule has 0 fully saturated rings. The molecule has 0 unspecified atom stereocenters. The van der Waals surface area contributed by atoms with E-state index in [1.807, 2.05) is 0 Å². The van der Waals surface area contributed by atoms with Gasteiger partial charge in [0.15, 0.2) is 0 Å². The number of hydrogen-bond acceptors (Lipinski definition) is 2. The molecule has 0 radical (unpaired) electrons. The van der Waals surface area contributed by atoms with E-state index in [1.54, 1.807) is 0 Å². The van der Waals surface area contributed by atoms with Crippen molar-refractivity contribution in [2.75, 3.05) is 9.80 Å². The maximum Gasteiger partial charge on any atom is 0.0492 e. The molecule has 0 bridgehead atoms. The van der Waals surface area contributed by atoms with E-state index < -0.39 is 0 Å². The molecule has 0 aliphatic rings. The van der Waals surface area contributed by atoms with E-state index in [1.165, 1.54) is 152 Å². The lowest BCUT2D eigenvalue weighted by Crippen LogP contribution is -2.10. The average Bonchev–Trinajstić information content (AvgIpc) is 0.939. The van der Waals surface area contributed by atoms with Gasteiger partial charge >= 0.3 is 0 Å². The molecule has 0 saturated heterocycles. The first kappa shape index (κ1) is 56.0. The monoisotopic (exact) mass is 1230 g/mol. The summed E-state index contributed by atoms with van der Waals surface area (Å²) in [5.74, 6) is 0. The molecule has 0 atom stereocenters. The summed E-state index contributed by atoms with van der Waals surface area (Å²) in [6.45, 7) is 3.08. The van der Waals surface area contributed by atoms with Crippen LogP contribution in [0.4, 0.5) is 34.1 Å². The summed E-state index contributed by atoms with van der Waals surface area (Å²) in [5, 5.41) is 22.3. The van der Waals surface area contributed by atoms with Crippen LogP contribution in [0.25, 0.3) is 152 Å². The highest BCUT2D eigenvalue weighted by molar-refractivity contribution is 6.12. The standard InChI is InChI=1S/C94H63N3/c1-2-95-93-45-43-89(96(85-35-27-61(28-36-85)73-19-23-77-47-65-11-3-7-15-69(65)51-81(77)55-73)86-37-29-62(30-38-86)74-20-24-78-48-66-12-4-8-16-70(66)52-82(78)56-74)59-91(93)92-60-90(44-46-94(92)95)97(87-39-31-63(32-40-87)75-21-25-79-49-67-13-5-9-17-71(67)53-83(79)57-75)88-41-33-64(34-42-88)76-22-26-80-50-68-14-6-10-18-72(68)54-84(80)58-76/h3-60H,2H2,1H3. The molecule has 0 aliphatic carbocycles. The van der Waals surface area contributed by atoms with Gasteiger partial charge in [0.25, 0.3) is 0 Å². The van der Waals surface area contributed by atoms with Gasteiger partial charge in [0.05, 0.1) is 0 Å². The van der Waals surface area contributed by atoms with Gasteiger partial charge in [-0.15, -0.1) is 0 Å². The van der Waals surface area contributed by atoms with Crippen LogP contribution in [0.5, 0.6) is 0 Å². The number of hydrogen-bond donors (Lipinski definition) is 0. The Morgan fingerprint density at radius 2 is 0.392 bits per heavy atom. The van der Waals surface area contributed by atoms with Crippen LogP contribution in [-0.2, 0) is 6.54 Å². The van der Waals surface area contributed by atoms with E-state index >= 15 is 0 Å². The number of anilines is 6. The second kappa shape index (κ2) is 22.9. The van der Waals surface area contributed by atoms with E-state index in [0.29, 0.717) is 0 Å². The lowest BCUT2D eigenvalue weighted by Gasteiger charge is -2.26. The Bertz CT molecular complexity index is 5630. The Morgan fingerprint density at radius 3 is 0.629 bits per heavy atom. The molecule has 1 aromatic heterocycles. The number of aromatic nitrogens is 1. The minimum atomic E-state index is 0.823. The summed E-state index contributed by atoms with van der Waals surface area (Å²) in [4.78, 5) is 4.85. The van der Waals surface area contributed by atoms with Crippen LogP contribution in [0.1, 0.15) is 6.92 Å². The first-order valence-corrected chi connectivity index (χ1v) is 33.7. The molecule has 0 spiro atoms. The van der Waals surface area contributed by atoms with E-state index in [-0.39, 0.29) is 0 Å². The minimum absolute atomic E-state index is 0.823. The predicted octanol–water partition coefficient (Wildman–Crippen LogP) is 26.6. The van der Waals surface area contributed by atoms with Gasteiger partial charge in [0.1, 0.15) is 0 Å². The average molecular weight is 1230 g/mol. The van der Waals surface area contributed by atoms with Crippen molar-refractivity contribution in [3.8, 4) is 44.5 Å². The highest BCUT2D eigenvalue weighted by atomic mass is 15.1. The molecular weight excluding hydrogens is 1170 g/mol. The Kier molecular flexibility index (Phi) is 13.2. The molecular formula is C94H63N3. The number of benzene rings is 18. The van der Waals surface area contributed by atoms with Crippen molar-refractivity contribution in [2.24, 2.45) is 0 Å². The number of fused-ring (bicyclic) bond motifs is 11. The highest BCUT2D eigenvalue weighted by Crippen LogP contribution is 2.45. The second-order valence-corrected chi connectivity index (χ2v) is 26.1. The van der Waals surface area contributed by atoms with Crippen molar-refractivity contribution in [2.45, 2.75) is 13.5 Å². The van der Waals surface area contributed by atoms with Crippen LogP contribution >= 0.6 is 0 Å². The minimum Gasteiger partial charge on any atom is -0.341 e. The summed E-state index contributed by atoms with van der Waals surface area (Å²) in [5.41, 5.74) is 18.3. The maximum atomic E-state index is 2.47. The predicted molar refractivity (Wildman–Crippen MR) is 416 cm³/mol. The Labute approximate surface area is 562 Å². The van der Waals surface area contributed by atoms with Crippen LogP contribution in [0, 0.1) is 0 Å². The molecule has 18 aromatic carbocycles. The zero-order valence-corrected chi connectivity index (χ0v) is 53.5. The molecule has 0 saturated carbocycles. The topological polar surface area (TPSA) is 11.4 Å². The van der Waals surface area contributed by atoms with Crippen molar-refractivity contribution in [3.05, 3.63) is 352 Å². The van der Waals surface area contributed by atoms with Crippen LogP contribution in [0.3, 0.4) is 0 Å². The third-order valence-corrected chi connectivity index (χ3v) is 20.3. The van der Waals surface area contributed by atoms with Gasteiger partial charge in [-0.25, -0.2) is 0 Å². The van der Waals surface area contributed by atoms with Crippen molar-refractivity contribution >= 4 is 142 Å². The summed E-state index contributed by atoms with van der Waals surface area (Å²) in [6.07, 6.45) is 0. The zero-order chi connectivity index (χ0) is 64.1. The van der Waals surface area contributed by atoms with E-state index in [9.17, 15) is 0 Å². The second-order valence-electron chi connectivity index (χ2n) is 26.1. The molecule has 19 rings (SSSR count). The highest BCUT2D eigenvalue weighted by Gasteiger charge is 2.21. The van der Waals surface area contributed by atoms with Gasteiger partial charge in [0.2, 0.25) is 0 Å². The van der Waals surface area contributed by atoms with Crippen molar-refractivity contribution < 1.29 is 0 Å². The van der Waals surface area contributed by atoms with Gasteiger partial charge in [0, 0.05) is 62.5 Å². The van der Waals surface area contributed by atoms with Gasteiger partial charge in [-0.1, -0.05) is 194 Å². The van der Waals surface area contributed by atoms with Crippen LogP contribution in [-0.4, -0.2) is 4.57 Å². The fourth-order valence-corrected chi connectivity index (χ4v) is 15.3. The third-order valence-electron chi connectivity index (χ3n) is 20.3. The third kappa shape index (κ3) is 9.98. The molecule has 3 nitrogen and oxygen atoms in total. The molecule has 0 amide bonds. The molecule has 19 aromatic rings. The van der Waals surface area contributed by atoms with Crippen LogP contribution in [0.15, 0.2) is 352 Å². The molecule has 0 aliphatic heterocycles.